The molecule has 1 fully saturated rings. The number of hydrogen-bond acceptors (Lipinski definition) is 4. The number of amides is 1. The number of nitrogens with zero attached hydrogens (tertiary/aromatic N) is 2. The van der Waals surface area contributed by atoms with Crippen molar-refractivity contribution >= 4 is 27.5 Å². The SMILES string of the molecule is O=C(CCCc1nc2ccccc2s1)N1CCC(c2ccc(O)cc2)CC1. The first kappa shape index (κ1) is 18.0. The van der Waals surface area contributed by atoms with E-state index in [2.05, 4.69) is 11.1 Å². The van der Waals surface area contributed by atoms with Crippen LogP contribution in [0.2, 0.25) is 0 Å². The number of aryl methyl sites for hydroxylation is 1. The summed E-state index contributed by atoms with van der Waals surface area (Å²) < 4.78 is 1.22. The number of phenolic OH excluding ortho intramolecular Hbond substituents is 1. The Morgan fingerprint density at radius 1 is 1.11 bits per heavy atom. The van der Waals surface area contributed by atoms with E-state index in [4.69, 9.17) is 0 Å². The molecule has 0 atom stereocenters. The van der Waals surface area contributed by atoms with Crippen molar-refractivity contribution < 1.29 is 9.90 Å². The lowest BCUT2D eigenvalue weighted by Gasteiger charge is -2.32. The summed E-state index contributed by atoms with van der Waals surface area (Å²) in [5.41, 5.74) is 2.32. The van der Waals surface area contributed by atoms with Gasteiger partial charge in [-0.3, -0.25) is 4.79 Å². The fourth-order valence-corrected chi connectivity index (χ4v) is 4.79. The van der Waals surface area contributed by atoms with Crippen LogP contribution in [0, 0.1) is 0 Å². The van der Waals surface area contributed by atoms with E-state index >= 15 is 0 Å². The molecule has 0 unspecified atom stereocenters. The van der Waals surface area contributed by atoms with Gasteiger partial charge in [0.25, 0.3) is 0 Å². The summed E-state index contributed by atoms with van der Waals surface area (Å²) in [6.07, 6.45) is 4.31. The number of fused-ring (bicyclic) bond motifs is 1. The maximum absolute atomic E-state index is 12.5. The lowest BCUT2D eigenvalue weighted by molar-refractivity contribution is -0.132. The van der Waals surface area contributed by atoms with E-state index in [1.807, 2.05) is 35.2 Å². The highest BCUT2D eigenvalue weighted by Gasteiger charge is 2.23. The van der Waals surface area contributed by atoms with Crippen LogP contribution in [0.3, 0.4) is 0 Å². The molecule has 0 bridgehead atoms. The molecule has 1 aliphatic heterocycles. The number of carbonyl (C=O) groups excluding carboxylic acids is 1. The third-order valence-corrected chi connectivity index (χ3v) is 6.43. The van der Waals surface area contributed by atoms with Crippen molar-refractivity contribution in [2.45, 2.75) is 38.0 Å². The zero-order valence-corrected chi connectivity index (χ0v) is 16.1. The van der Waals surface area contributed by atoms with Gasteiger partial charge < -0.3 is 10.0 Å². The van der Waals surface area contributed by atoms with Crippen LogP contribution in [0.25, 0.3) is 10.2 Å². The maximum Gasteiger partial charge on any atom is 0.222 e. The molecule has 4 nitrogen and oxygen atoms in total. The van der Waals surface area contributed by atoms with Crippen LogP contribution in [0.15, 0.2) is 48.5 Å². The van der Waals surface area contributed by atoms with Crippen molar-refractivity contribution in [3.63, 3.8) is 0 Å². The maximum atomic E-state index is 12.5. The van der Waals surface area contributed by atoms with Gasteiger partial charge in [-0.15, -0.1) is 11.3 Å². The van der Waals surface area contributed by atoms with Crippen LogP contribution in [-0.4, -0.2) is 34.0 Å². The van der Waals surface area contributed by atoms with Crippen molar-refractivity contribution in [2.75, 3.05) is 13.1 Å². The molecule has 2 aromatic carbocycles. The molecule has 5 heteroatoms. The first-order valence-corrected chi connectivity index (χ1v) is 10.4. The van der Waals surface area contributed by atoms with Crippen LogP contribution in [0.5, 0.6) is 5.75 Å². The molecule has 0 aliphatic carbocycles. The van der Waals surface area contributed by atoms with E-state index in [0.29, 0.717) is 18.1 Å². The van der Waals surface area contributed by atoms with Crippen molar-refractivity contribution in [3.8, 4) is 5.75 Å². The Hall–Kier alpha value is -2.40. The molecule has 1 aliphatic rings. The topological polar surface area (TPSA) is 53.4 Å². The Labute approximate surface area is 163 Å². The molecule has 1 N–H and O–H groups in total. The van der Waals surface area contributed by atoms with Gasteiger partial charge in [0, 0.05) is 19.5 Å². The fraction of sp³-hybridized carbons (Fsp3) is 0.364. The highest BCUT2D eigenvalue weighted by Crippen LogP contribution is 2.29. The zero-order valence-electron chi connectivity index (χ0n) is 15.3. The number of thiazole rings is 1. The molecular weight excluding hydrogens is 356 g/mol. The molecule has 0 spiro atoms. The number of likely N-dealkylation sites (tertiary alicyclic amines) is 1. The monoisotopic (exact) mass is 380 g/mol. The Bertz CT molecular complexity index is 878. The van der Waals surface area contributed by atoms with Gasteiger partial charge in [0.15, 0.2) is 0 Å². The standard InChI is InChI=1S/C22H24N2O2S/c25-18-10-8-16(9-11-18)17-12-14-24(15-13-17)22(26)7-3-6-21-23-19-4-1-2-5-20(19)27-21/h1-2,4-5,8-11,17,25H,3,6-7,12-15H2. The minimum absolute atomic E-state index is 0.264. The molecule has 0 radical (unpaired) electrons. The zero-order chi connectivity index (χ0) is 18.6. The predicted octanol–water partition coefficient (Wildman–Crippen LogP) is 4.73. The highest BCUT2D eigenvalue weighted by molar-refractivity contribution is 7.18. The molecule has 1 aromatic heterocycles. The Balaban J connectivity index is 1.24. The van der Waals surface area contributed by atoms with Crippen LogP contribution >= 0.6 is 11.3 Å². The first-order valence-electron chi connectivity index (χ1n) is 9.60. The van der Waals surface area contributed by atoms with E-state index in [-0.39, 0.29) is 5.91 Å². The normalized spacial score (nSPS) is 15.3. The van der Waals surface area contributed by atoms with Gasteiger partial charge in [-0.05, 0) is 61.4 Å². The summed E-state index contributed by atoms with van der Waals surface area (Å²) in [5.74, 6) is 1.05. The summed E-state index contributed by atoms with van der Waals surface area (Å²) in [7, 11) is 0. The number of carbonyl (C=O) groups is 1. The molecule has 2 heterocycles. The number of aromatic hydroxyl groups is 1. The van der Waals surface area contributed by atoms with E-state index in [9.17, 15) is 9.90 Å². The first-order chi connectivity index (χ1) is 13.2. The second-order valence-electron chi connectivity index (χ2n) is 7.18. The van der Waals surface area contributed by atoms with Gasteiger partial charge in [-0.2, -0.15) is 0 Å². The third-order valence-electron chi connectivity index (χ3n) is 5.33. The quantitative estimate of drug-likeness (QED) is 0.696. The summed E-state index contributed by atoms with van der Waals surface area (Å²) >= 11 is 1.73. The minimum atomic E-state index is 0.264. The van der Waals surface area contributed by atoms with Gasteiger partial charge >= 0.3 is 0 Å². The second-order valence-corrected chi connectivity index (χ2v) is 8.29. The molecule has 1 amide bonds. The summed E-state index contributed by atoms with van der Waals surface area (Å²) in [5, 5.41) is 10.5. The molecule has 1 saturated heterocycles. The van der Waals surface area contributed by atoms with E-state index in [1.165, 1.54) is 10.3 Å². The Kier molecular flexibility index (Phi) is 5.39. The molecule has 140 valence electrons. The lowest BCUT2D eigenvalue weighted by Crippen LogP contribution is -2.37. The molecule has 27 heavy (non-hydrogen) atoms. The number of benzene rings is 2. The average molecular weight is 381 g/mol. The number of phenols is 1. The Morgan fingerprint density at radius 2 is 1.85 bits per heavy atom. The summed E-state index contributed by atoms with van der Waals surface area (Å²) in [6.45, 7) is 1.65. The lowest BCUT2D eigenvalue weighted by atomic mass is 9.89. The molecule has 3 aromatic rings. The number of piperidine rings is 1. The number of rotatable bonds is 5. The van der Waals surface area contributed by atoms with Crippen LogP contribution in [0.4, 0.5) is 0 Å². The molecule has 4 rings (SSSR count). The molecular formula is C22H24N2O2S. The fourth-order valence-electron chi connectivity index (χ4n) is 3.78. The van der Waals surface area contributed by atoms with Gasteiger partial charge in [-0.1, -0.05) is 24.3 Å². The van der Waals surface area contributed by atoms with Crippen molar-refractivity contribution in [1.82, 2.24) is 9.88 Å². The minimum Gasteiger partial charge on any atom is -0.508 e. The van der Waals surface area contributed by atoms with E-state index in [1.54, 1.807) is 23.5 Å². The van der Waals surface area contributed by atoms with Crippen molar-refractivity contribution in [2.24, 2.45) is 0 Å². The number of hydrogen-bond donors (Lipinski definition) is 1. The van der Waals surface area contributed by atoms with Gasteiger partial charge in [0.05, 0.1) is 15.2 Å². The largest absolute Gasteiger partial charge is 0.508 e. The van der Waals surface area contributed by atoms with Gasteiger partial charge in [0.2, 0.25) is 5.91 Å². The Morgan fingerprint density at radius 3 is 2.59 bits per heavy atom. The van der Waals surface area contributed by atoms with E-state index < -0.39 is 0 Å². The van der Waals surface area contributed by atoms with Crippen molar-refractivity contribution in [3.05, 3.63) is 59.1 Å². The van der Waals surface area contributed by atoms with Crippen LogP contribution in [0.1, 0.15) is 42.2 Å². The smallest absolute Gasteiger partial charge is 0.222 e. The highest BCUT2D eigenvalue weighted by atomic mass is 32.1. The average Bonchev–Trinajstić information content (AvgIpc) is 3.11. The second kappa shape index (κ2) is 8.09. The van der Waals surface area contributed by atoms with Gasteiger partial charge in [-0.25, -0.2) is 4.98 Å². The van der Waals surface area contributed by atoms with E-state index in [0.717, 1.165) is 49.3 Å². The van der Waals surface area contributed by atoms with Gasteiger partial charge in [0.1, 0.15) is 5.75 Å². The predicted molar refractivity (Wildman–Crippen MR) is 109 cm³/mol. The summed E-state index contributed by atoms with van der Waals surface area (Å²) in [4.78, 5) is 19.2. The van der Waals surface area contributed by atoms with Crippen molar-refractivity contribution in [1.29, 1.82) is 0 Å². The summed E-state index contributed by atoms with van der Waals surface area (Å²) in [6, 6.07) is 15.7. The molecule has 0 saturated carbocycles. The van der Waals surface area contributed by atoms with Crippen LogP contribution in [-0.2, 0) is 11.2 Å². The number of para-hydroxylation sites is 1. The third kappa shape index (κ3) is 4.30. The van der Waals surface area contributed by atoms with Crippen LogP contribution < -0.4 is 0 Å². The number of aromatic nitrogens is 1.